The molecule has 1 aliphatic rings. The zero-order valence-electron chi connectivity index (χ0n) is 15.2. The van der Waals surface area contributed by atoms with Crippen molar-refractivity contribution >= 4 is 6.03 Å². The third kappa shape index (κ3) is 4.13. The fraction of sp³-hybridized carbons (Fsp3) is 0.474. The minimum atomic E-state index is 0.0116. The van der Waals surface area contributed by atoms with Crippen molar-refractivity contribution in [1.29, 1.82) is 0 Å². The molecule has 1 aromatic carbocycles. The van der Waals surface area contributed by atoms with Crippen LogP contribution in [-0.2, 0) is 6.42 Å². The number of hydrogen-bond acceptors (Lipinski definition) is 3. The molecule has 2 amide bonds. The van der Waals surface area contributed by atoms with E-state index in [0.717, 1.165) is 43.1 Å². The van der Waals surface area contributed by atoms with Gasteiger partial charge in [0.05, 0.1) is 18.8 Å². The molecule has 1 saturated heterocycles. The first-order valence-electron chi connectivity index (χ1n) is 8.75. The van der Waals surface area contributed by atoms with Gasteiger partial charge in [0, 0.05) is 25.3 Å². The van der Waals surface area contributed by atoms with Gasteiger partial charge in [0.15, 0.2) is 0 Å². The largest absolute Gasteiger partial charge is 0.497 e. The van der Waals surface area contributed by atoms with E-state index in [4.69, 9.17) is 4.74 Å². The van der Waals surface area contributed by atoms with E-state index in [1.165, 1.54) is 5.56 Å². The Labute approximate surface area is 148 Å². The van der Waals surface area contributed by atoms with Crippen molar-refractivity contribution in [2.45, 2.75) is 32.7 Å². The van der Waals surface area contributed by atoms with E-state index in [0.29, 0.717) is 6.54 Å². The number of ether oxygens (including phenoxy) is 1. The van der Waals surface area contributed by atoms with Crippen LogP contribution in [0, 0.1) is 13.8 Å². The number of hydrogen-bond donors (Lipinski definition) is 1. The molecule has 2 aromatic rings. The van der Waals surface area contributed by atoms with Crippen molar-refractivity contribution in [2.24, 2.45) is 0 Å². The van der Waals surface area contributed by atoms with Gasteiger partial charge in [-0.1, -0.05) is 12.1 Å². The second-order valence-electron chi connectivity index (χ2n) is 6.59. The molecule has 1 atom stereocenters. The van der Waals surface area contributed by atoms with Crippen molar-refractivity contribution in [3.63, 3.8) is 0 Å². The molecule has 25 heavy (non-hydrogen) atoms. The molecule has 3 rings (SSSR count). The molecule has 0 saturated carbocycles. The van der Waals surface area contributed by atoms with Gasteiger partial charge in [-0.2, -0.15) is 5.10 Å². The quantitative estimate of drug-likeness (QED) is 0.909. The zero-order chi connectivity index (χ0) is 17.8. The predicted molar refractivity (Wildman–Crippen MR) is 97.0 cm³/mol. The Morgan fingerprint density at radius 3 is 2.72 bits per heavy atom. The summed E-state index contributed by atoms with van der Waals surface area (Å²) in [6, 6.07) is 10.3. The van der Waals surface area contributed by atoms with Crippen LogP contribution >= 0.6 is 0 Å². The predicted octanol–water partition coefficient (Wildman–Crippen LogP) is 2.71. The monoisotopic (exact) mass is 342 g/mol. The number of methoxy groups -OCH3 is 1. The minimum Gasteiger partial charge on any atom is -0.497 e. The van der Waals surface area contributed by atoms with Gasteiger partial charge < -0.3 is 15.0 Å². The van der Waals surface area contributed by atoms with Crippen molar-refractivity contribution in [3.8, 4) is 5.75 Å². The van der Waals surface area contributed by atoms with Crippen LogP contribution in [0.5, 0.6) is 5.75 Å². The topological polar surface area (TPSA) is 59.4 Å². The third-order valence-corrected chi connectivity index (χ3v) is 4.69. The maximum atomic E-state index is 12.4. The summed E-state index contributed by atoms with van der Waals surface area (Å²) >= 11 is 0. The number of rotatable bonds is 5. The van der Waals surface area contributed by atoms with Crippen molar-refractivity contribution in [1.82, 2.24) is 20.0 Å². The molecule has 0 unspecified atom stereocenters. The van der Waals surface area contributed by atoms with Gasteiger partial charge in [0.25, 0.3) is 0 Å². The number of carbonyl (C=O) groups excluding carboxylic acids is 1. The smallest absolute Gasteiger partial charge is 0.317 e. The zero-order valence-corrected chi connectivity index (χ0v) is 15.2. The number of urea groups is 1. The fourth-order valence-electron chi connectivity index (χ4n) is 3.36. The van der Waals surface area contributed by atoms with Gasteiger partial charge in [-0.05, 0) is 50.5 Å². The second-order valence-corrected chi connectivity index (χ2v) is 6.59. The van der Waals surface area contributed by atoms with E-state index in [1.54, 1.807) is 7.11 Å². The number of amides is 2. The number of nitrogens with zero attached hydrogens (tertiary/aromatic N) is 3. The molecule has 1 aliphatic heterocycles. The average Bonchev–Trinajstić information content (AvgIpc) is 3.21. The molecule has 6 nitrogen and oxygen atoms in total. The van der Waals surface area contributed by atoms with E-state index < -0.39 is 0 Å². The summed E-state index contributed by atoms with van der Waals surface area (Å²) in [5.41, 5.74) is 3.37. The first-order chi connectivity index (χ1) is 12.1. The molecule has 1 N–H and O–H groups in total. The Morgan fingerprint density at radius 2 is 2.08 bits per heavy atom. The molecule has 134 valence electrons. The highest BCUT2D eigenvalue weighted by molar-refractivity contribution is 5.74. The van der Waals surface area contributed by atoms with Crippen LogP contribution in [-0.4, -0.2) is 47.5 Å². The van der Waals surface area contributed by atoms with Crippen molar-refractivity contribution in [3.05, 3.63) is 47.3 Å². The van der Waals surface area contributed by atoms with Gasteiger partial charge in [-0.3, -0.25) is 4.68 Å². The van der Waals surface area contributed by atoms with Crippen molar-refractivity contribution < 1.29 is 9.53 Å². The summed E-state index contributed by atoms with van der Waals surface area (Å²) in [4.78, 5) is 14.3. The lowest BCUT2D eigenvalue weighted by Crippen LogP contribution is -2.39. The second kappa shape index (κ2) is 7.59. The van der Waals surface area contributed by atoms with Gasteiger partial charge in [-0.15, -0.1) is 0 Å². The minimum absolute atomic E-state index is 0.0116. The Bertz CT molecular complexity index is 724. The first kappa shape index (κ1) is 17.3. The number of nitrogens with one attached hydrogen (secondary N) is 1. The molecule has 0 spiro atoms. The molecule has 2 heterocycles. The Hall–Kier alpha value is -2.50. The molecular weight excluding hydrogens is 316 g/mol. The average molecular weight is 342 g/mol. The number of carbonyl (C=O) groups is 1. The molecule has 1 aromatic heterocycles. The van der Waals surface area contributed by atoms with Gasteiger partial charge in [0.2, 0.25) is 0 Å². The summed E-state index contributed by atoms with van der Waals surface area (Å²) in [6.45, 7) is 6.19. The van der Waals surface area contributed by atoms with Crippen LogP contribution in [0.3, 0.4) is 0 Å². The summed E-state index contributed by atoms with van der Waals surface area (Å²) < 4.78 is 7.21. The van der Waals surface area contributed by atoms with E-state index >= 15 is 0 Å². The van der Waals surface area contributed by atoms with Crippen molar-refractivity contribution in [2.75, 3.05) is 26.7 Å². The molecule has 0 radical (unpaired) electrons. The summed E-state index contributed by atoms with van der Waals surface area (Å²) in [5.74, 6) is 0.847. The maximum absolute atomic E-state index is 12.4. The molecule has 0 aliphatic carbocycles. The maximum Gasteiger partial charge on any atom is 0.317 e. The lowest BCUT2D eigenvalue weighted by molar-refractivity contribution is 0.207. The van der Waals surface area contributed by atoms with Crippen LogP contribution in [0.25, 0.3) is 0 Å². The van der Waals surface area contributed by atoms with Gasteiger partial charge in [-0.25, -0.2) is 4.79 Å². The summed E-state index contributed by atoms with van der Waals surface area (Å²) in [7, 11) is 1.66. The van der Waals surface area contributed by atoms with Crippen LogP contribution in [0.15, 0.2) is 30.3 Å². The molecule has 6 heteroatoms. The SMILES string of the molecule is COc1ccc(CCNC(=O)N2CC[C@@H](n3nc(C)cc3C)C2)cc1. The first-order valence-corrected chi connectivity index (χ1v) is 8.75. The van der Waals surface area contributed by atoms with Crippen LogP contribution in [0.4, 0.5) is 4.79 Å². The van der Waals surface area contributed by atoms with E-state index in [9.17, 15) is 4.79 Å². The van der Waals surface area contributed by atoms with Crippen LogP contribution in [0.2, 0.25) is 0 Å². The lowest BCUT2D eigenvalue weighted by Gasteiger charge is -2.18. The number of aryl methyl sites for hydroxylation is 2. The van der Waals surface area contributed by atoms with Gasteiger partial charge in [0.1, 0.15) is 5.75 Å². The Kier molecular flexibility index (Phi) is 5.26. The fourth-order valence-corrected chi connectivity index (χ4v) is 3.36. The van der Waals surface area contributed by atoms with Crippen LogP contribution < -0.4 is 10.1 Å². The third-order valence-electron chi connectivity index (χ3n) is 4.69. The normalized spacial score (nSPS) is 16.9. The van der Waals surface area contributed by atoms with E-state index in [-0.39, 0.29) is 12.1 Å². The number of aromatic nitrogens is 2. The molecule has 1 fully saturated rings. The summed E-state index contributed by atoms with van der Waals surface area (Å²) in [5, 5.41) is 7.57. The standard InChI is InChI=1S/C19H26N4O2/c1-14-12-15(2)23(21-14)17-9-11-22(13-17)19(24)20-10-8-16-4-6-18(25-3)7-5-16/h4-7,12,17H,8-11,13H2,1-3H3,(H,20,24)/t17-/m1/s1. The highest BCUT2D eigenvalue weighted by Gasteiger charge is 2.28. The summed E-state index contributed by atoms with van der Waals surface area (Å²) in [6.07, 6.45) is 1.76. The molecular formula is C19H26N4O2. The van der Waals surface area contributed by atoms with Crippen LogP contribution in [0.1, 0.15) is 29.4 Å². The highest BCUT2D eigenvalue weighted by atomic mass is 16.5. The van der Waals surface area contributed by atoms with E-state index in [1.807, 2.05) is 36.1 Å². The Morgan fingerprint density at radius 1 is 1.32 bits per heavy atom. The molecule has 0 bridgehead atoms. The Balaban J connectivity index is 1.46. The highest BCUT2D eigenvalue weighted by Crippen LogP contribution is 2.23. The number of benzene rings is 1. The van der Waals surface area contributed by atoms with Gasteiger partial charge >= 0.3 is 6.03 Å². The van der Waals surface area contributed by atoms with E-state index in [2.05, 4.69) is 28.1 Å². The number of likely N-dealkylation sites (tertiary alicyclic amines) is 1. The lowest BCUT2D eigenvalue weighted by atomic mass is 10.1.